The second-order valence-electron chi connectivity index (χ2n) is 11.0. The molecule has 1 saturated carbocycles. The largest absolute Gasteiger partial charge is 0.352 e. The van der Waals surface area contributed by atoms with Gasteiger partial charge in [0.15, 0.2) is 0 Å². The molecule has 1 aromatic heterocycles. The van der Waals surface area contributed by atoms with Crippen molar-refractivity contribution in [2.45, 2.75) is 39.0 Å². The summed E-state index contributed by atoms with van der Waals surface area (Å²) >= 11 is 0. The van der Waals surface area contributed by atoms with Gasteiger partial charge in [-0.25, -0.2) is 0 Å². The third-order valence-corrected chi connectivity index (χ3v) is 8.53. The standard InChI is InChI=1S/C37H33NO/c1-25-18-19-31-33-23-30(27-14-8-4-9-15-27)22-32(28-16-10-5-11-17-28)36(33)39-37(31)35(25)34-24-29(20-21-38(34)2)26-12-6-3-7-13-26/h4-5,8-11,14-24,26H,2-3,6-7,12-13H2,1H3. The maximum atomic E-state index is 6.89. The number of fused-ring (bicyclic) bond motifs is 3. The van der Waals surface area contributed by atoms with Crippen LogP contribution in [0.4, 0.5) is 0 Å². The average Bonchev–Trinajstić information content (AvgIpc) is 3.37. The van der Waals surface area contributed by atoms with Gasteiger partial charge in [0.25, 0.3) is 5.58 Å². The molecule has 0 unspecified atom stereocenters. The molecule has 192 valence electrons. The van der Waals surface area contributed by atoms with Crippen molar-refractivity contribution < 1.29 is 8.99 Å². The van der Waals surface area contributed by atoms with E-state index >= 15 is 0 Å². The van der Waals surface area contributed by atoms with Gasteiger partial charge >= 0.3 is 5.58 Å². The third kappa shape index (κ3) is 4.21. The maximum absolute atomic E-state index is 6.89. The fourth-order valence-electron chi connectivity index (χ4n) is 6.44. The first-order valence-electron chi connectivity index (χ1n) is 14.1. The molecule has 1 aliphatic heterocycles. The van der Waals surface area contributed by atoms with Gasteiger partial charge in [0.1, 0.15) is 0 Å². The highest BCUT2D eigenvalue weighted by Gasteiger charge is 2.28. The molecule has 5 aromatic rings. The number of allylic oxidation sites excluding steroid dienone is 2. The molecule has 0 atom stereocenters. The molecule has 0 N–H and O–H groups in total. The van der Waals surface area contributed by atoms with Crippen LogP contribution in [-0.2, 0) is 0 Å². The topological polar surface area (TPSA) is 14.3 Å². The second-order valence-corrected chi connectivity index (χ2v) is 11.0. The Morgan fingerprint density at radius 1 is 0.821 bits per heavy atom. The van der Waals surface area contributed by atoms with Crippen molar-refractivity contribution in [3.8, 4) is 22.3 Å². The molecule has 39 heavy (non-hydrogen) atoms. The average molecular weight is 508 g/mol. The molecule has 0 bridgehead atoms. The first kappa shape index (κ1) is 23.8. The summed E-state index contributed by atoms with van der Waals surface area (Å²) < 4.78 is 8.90. The van der Waals surface area contributed by atoms with Gasteiger partial charge in [0.2, 0.25) is 0 Å². The number of rotatable bonds is 4. The van der Waals surface area contributed by atoms with E-state index in [1.165, 1.54) is 54.4 Å². The Balaban J connectivity index is 1.46. The predicted molar refractivity (Wildman–Crippen MR) is 163 cm³/mol. The quantitative estimate of drug-likeness (QED) is 0.134. The van der Waals surface area contributed by atoms with E-state index in [1.54, 1.807) is 0 Å². The number of nitrogens with zero attached hydrogens (tertiary/aromatic N) is 1. The maximum Gasteiger partial charge on any atom is 0.352 e. The third-order valence-electron chi connectivity index (χ3n) is 8.53. The van der Waals surface area contributed by atoms with Crippen LogP contribution in [0.25, 0.3) is 44.2 Å². The van der Waals surface area contributed by atoms with Gasteiger partial charge in [-0.1, -0.05) is 112 Å². The normalized spacial score (nSPS) is 16.3. The second kappa shape index (κ2) is 9.78. The molecule has 1 aliphatic carbocycles. The Hall–Kier alpha value is -4.30. The lowest BCUT2D eigenvalue weighted by Crippen LogP contribution is -2.19. The molecule has 4 aromatic carbocycles. The number of hydrogen-bond donors (Lipinski definition) is 0. The highest BCUT2D eigenvalue weighted by molar-refractivity contribution is 6.12. The van der Waals surface area contributed by atoms with E-state index in [-0.39, 0.29) is 0 Å². The van der Waals surface area contributed by atoms with E-state index in [0.29, 0.717) is 5.92 Å². The number of benzene rings is 4. The monoisotopic (exact) mass is 507 g/mol. The lowest BCUT2D eigenvalue weighted by Gasteiger charge is -2.32. The van der Waals surface area contributed by atoms with Gasteiger partial charge in [-0.2, -0.15) is 0 Å². The fourth-order valence-corrected chi connectivity index (χ4v) is 6.44. The zero-order valence-electron chi connectivity index (χ0n) is 22.5. The van der Waals surface area contributed by atoms with E-state index in [1.807, 2.05) is 4.58 Å². The van der Waals surface area contributed by atoms with E-state index in [2.05, 4.69) is 117 Å². The molecule has 2 heteroatoms. The van der Waals surface area contributed by atoms with Gasteiger partial charge in [0.05, 0.1) is 23.2 Å². The minimum absolute atomic E-state index is 0.631. The summed E-state index contributed by atoms with van der Waals surface area (Å²) in [6.07, 6.45) is 13.3. The first-order valence-corrected chi connectivity index (χ1v) is 14.1. The van der Waals surface area contributed by atoms with Crippen LogP contribution < -0.4 is 0 Å². The van der Waals surface area contributed by atoms with E-state index < -0.39 is 0 Å². The zero-order valence-corrected chi connectivity index (χ0v) is 22.5. The molecule has 2 aliphatic rings. The summed E-state index contributed by atoms with van der Waals surface area (Å²) in [6.45, 7) is 6.56. The van der Waals surface area contributed by atoms with Crippen LogP contribution in [-0.4, -0.2) is 11.3 Å². The van der Waals surface area contributed by atoms with E-state index in [9.17, 15) is 0 Å². The number of furan rings is 1. The summed E-state index contributed by atoms with van der Waals surface area (Å²) in [6, 6.07) is 31.3. The van der Waals surface area contributed by atoms with Crippen LogP contribution in [0.15, 0.2) is 113 Å². The SMILES string of the molecule is C=[N+]1C=CC(C2CCCCC2)=C[C-]1c1c(C)ccc2c3cc(-c4ccccc4)cc(-c4ccccc4)c3[o+][c-]12. The number of aryl methyl sites for hydroxylation is 1. The summed E-state index contributed by atoms with van der Waals surface area (Å²) in [5, 5.41) is 2.29. The molecule has 1 fully saturated rings. The Labute approximate surface area is 230 Å². The van der Waals surface area contributed by atoms with Crippen LogP contribution in [0, 0.1) is 18.9 Å². The van der Waals surface area contributed by atoms with Gasteiger partial charge < -0.3 is 4.58 Å². The molecular weight excluding hydrogens is 474 g/mol. The van der Waals surface area contributed by atoms with Crippen LogP contribution in [0.5, 0.6) is 0 Å². The van der Waals surface area contributed by atoms with Gasteiger partial charge in [-0.3, -0.25) is 4.42 Å². The summed E-state index contributed by atoms with van der Waals surface area (Å²) in [7, 11) is 0. The van der Waals surface area contributed by atoms with Gasteiger partial charge in [-0.05, 0) is 34.4 Å². The predicted octanol–water partition coefficient (Wildman–Crippen LogP) is 9.86. The fraction of sp³-hybridized carbons (Fsp3) is 0.189. The van der Waals surface area contributed by atoms with Crippen molar-refractivity contribution in [3.63, 3.8) is 0 Å². The minimum Gasteiger partial charge on any atom is -0.336 e. The molecular formula is C37H33NO. The lowest BCUT2D eigenvalue weighted by molar-refractivity contribution is -0.418. The lowest BCUT2D eigenvalue weighted by atomic mass is 9.81. The minimum atomic E-state index is 0.631. The Bertz CT molecular complexity index is 1750. The molecule has 2 heterocycles. The molecule has 0 spiro atoms. The molecule has 0 saturated heterocycles. The van der Waals surface area contributed by atoms with E-state index in [4.69, 9.17) is 4.42 Å². The van der Waals surface area contributed by atoms with Crippen molar-refractivity contribution in [1.82, 2.24) is 0 Å². The number of hydrogen-bond acceptors (Lipinski definition) is 0. The summed E-state index contributed by atoms with van der Waals surface area (Å²) in [4.78, 5) is 0. The Kier molecular flexibility index (Phi) is 5.97. The summed E-state index contributed by atoms with van der Waals surface area (Å²) in [5.74, 6) is 0.631. The molecule has 0 radical (unpaired) electrons. The first-order chi connectivity index (χ1) is 19.2. The van der Waals surface area contributed by atoms with Gasteiger partial charge in [0, 0.05) is 12.1 Å². The van der Waals surface area contributed by atoms with Crippen LogP contribution in [0.2, 0.25) is 0 Å². The van der Waals surface area contributed by atoms with Crippen molar-refractivity contribution in [3.05, 3.63) is 126 Å². The van der Waals surface area contributed by atoms with Crippen molar-refractivity contribution in [1.29, 1.82) is 0 Å². The van der Waals surface area contributed by atoms with Crippen LogP contribution in [0.3, 0.4) is 0 Å². The highest BCUT2D eigenvalue weighted by atomic mass is 16.3. The van der Waals surface area contributed by atoms with Crippen molar-refractivity contribution in [2.75, 3.05) is 0 Å². The highest BCUT2D eigenvalue weighted by Crippen LogP contribution is 2.43. The summed E-state index contributed by atoms with van der Waals surface area (Å²) in [5.41, 5.74) is 10.3. The molecule has 0 amide bonds. The molecule has 7 rings (SSSR count). The smallest absolute Gasteiger partial charge is 0.336 e. The van der Waals surface area contributed by atoms with E-state index in [0.717, 1.165) is 44.7 Å². The van der Waals surface area contributed by atoms with Crippen molar-refractivity contribution >= 4 is 28.7 Å². The van der Waals surface area contributed by atoms with Crippen LogP contribution >= 0.6 is 0 Å². The zero-order chi connectivity index (χ0) is 26.3. The van der Waals surface area contributed by atoms with Crippen LogP contribution in [0.1, 0.15) is 43.2 Å². The van der Waals surface area contributed by atoms with Gasteiger partial charge in [-0.15, -0.1) is 29.4 Å². The molecule has 2 nitrogen and oxygen atoms in total. The Morgan fingerprint density at radius 3 is 2.28 bits per heavy atom. The Morgan fingerprint density at radius 2 is 1.54 bits per heavy atom. The van der Waals surface area contributed by atoms with Crippen molar-refractivity contribution in [2.24, 2.45) is 5.92 Å².